The number of aromatic nitrogens is 2. The number of aromatic amines is 1. The van der Waals surface area contributed by atoms with Crippen LogP contribution in [-0.4, -0.2) is 41.7 Å². The first-order valence-corrected chi connectivity index (χ1v) is 7.40. The Labute approximate surface area is 147 Å². The van der Waals surface area contributed by atoms with Crippen LogP contribution in [0.5, 0.6) is 0 Å². The van der Waals surface area contributed by atoms with Crippen molar-refractivity contribution in [2.45, 2.75) is 25.8 Å². The molecule has 0 unspecified atom stereocenters. The number of nitrogens with zero attached hydrogens (tertiary/aromatic N) is 1. The number of nitrogens with one attached hydrogen (secondary N) is 3. The molecule has 1 fully saturated rings. The summed E-state index contributed by atoms with van der Waals surface area (Å²) in [4.78, 5) is 19.5. The van der Waals surface area contributed by atoms with Gasteiger partial charge in [0.05, 0.1) is 12.3 Å². The summed E-state index contributed by atoms with van der Waals surface area (Å²) in [6.45, 7) is 4.15. The number of esters is 1. The molecule has 6 nitrogen and oxygen atoms in total. The lowest BCUT2D eigenvalue weighted by Gasteiger charge is -2.25. The van der Waals surface area contributed by atoms with Crippen molar-refractivity contribution >= 4 is 47.5 Å². The van der Waals surface area contributed by atoms with Crippen LogP contribution in [0, 0.1) is 0 Å². The Morgan fingerprint density at radius 3 is 2.83 bits per heavy atom. The zero-order valence-electron chi connectivity index (χ0n) is 12.9. The number of ether oxygens (including phenoxy) is 1. The monoisotopic (exact) mass is 360 g/mol. The summed E-state index contributed by atoms with van der Waals surface area (Å²) in [5.74, 6) is -0.329. The lowest BCUT2D eigenvalue weighted by Crippen LogP contribution is -2.35. The van der Waals surface area contributed by atoms with Gasteiger partial charge in [-0.05, 0) is 38.9 Å². The van der Waals surface area contributed by atoms with Crippen LogP contribution in [0.1, 0.15) is 30.1 Å². The van der Waals surface area contributed by atoms with E-state index >= 15 is 0 Å². The number of hydrogen-bond donors (Lipinski definition) is 3. The molecule has 128 valence electrons. The molecule has 0 bridgehead atoms. The SMILES string of the molecule is CCOC(=O)c1cnc2[nH]ccc2c1NC1CCNCC1.Cl.Cl. The van der Waals surface area contributed by atoms with Crippen molar-refractivity contribution in [3.63, 3.8) is 0 Å². The number of anilines is 1. The van der Waals surface area contributed by atoms with Crippen molar-refractivity contribution in [1.82, 2.24) is 15.3 Å². The van der Waals surface area contributed by atoms with Crippen LogP contribution >= 0.6 is 24.8 Å². The molecular weight excluding hydrogens is 339 g/mol. The molecule has 3 rings (SSSR count). The van der Waals surface area contributed by atoms with Crippen LogP contribution in [0.15, 0.2) is 18.5 Å². The number of carbonyl (C=O) groups excluding carboxylic acids is 1. The smallest absolute Gasteiger partial charge is 0.341 e. The zero-order chi connectivity index (χ0) is 14.7. The summed E-state index contributed by atoms with van der Waals surface area (Å²) < 4.78 is 5.14. The van der Waals surface area contributed by atoms with Crippen molar-refractivity contribution in [3.05, 3.63) is 24.0 Å². The molecule has 2 aromatic heterocycles. The summed E-state index contributed by atoms with van der Waals surface area (Å²) in [7, 11) is 0. The van der Waals surface area contributed by atoms with Crippen LogP contribution in [-0.2, 0) is 4.74 Å². The van der Waals surface area contributed by atoms with Gasteiger partial charge < -0.3 is 20.4 Å². The zero-order valence-corrected chi connectivity index (χ0v) is 14.6. The average molecular weight is 361 g/mol. The van der Waals surface area contributed by atoms with Crippen LogP contribution in [0.4, 0.5) is 5.69 Å². The van der Waals surface area contributed by atoms with Gasteiger partial charge in [-0.15, -0.1) is 24.8 Å². The number of piperidine rings is 1. The van der Waals surface area contributed by atoms with Crippen molar-refractivity contribution in [2.24, 2.45) is 0 Å². The molecule has 0 amide bonds. The van der Waals surface area contributed by atoms with Crippen LogP contribution in [0.3, 0.4) is 0 Å². The summed E-state index contributed by atoms with van der Waals surface area (Å²) in [5, 5.41) is 7.79. The summed E-state index contributed by atoms with van der Waals surface area (Å²) in [5.41, 5.74) is 2.11. The maximum absolute atomic E-state index is 12.1. The van der Waals surface area contributed by atoms with Crippen molar-refractivity contribution < 1.29 is 9.53 Å². The second-order valence-corrected chi connectivity index (χ2v) is 5.18. The van der Waals surface area contributed by atoms with E-state index in [2.05, 4.69) is 20.6 Å². The number of pyridine rings is 1. The highest BCUT2D eigenvalue weighted by Gasteiger charge is 2.20. The van der Waals surface area contributed by atoms with E-state index in [1.807, 2.05) is 12.3 Å². The lowest BCUT2D eigenvalue weighted by molar-refractivity contribution is 0.0527. The standard InChI is InChI=1S/C15H20N4O2.2ClH/c1-2-21-15(20)12-9-18-14-11(5-8-17-14)13(12)19-10-3-6-16-7-4-10;;/h5,8-10,16H,2-4,6-7H2,1H3,(H2,17,18,19);2*1H. The van der Waals surface area contributed by atoms with Gasteiger partial charge in [-0.3, -0.25) is 0 Å². The molecule has 0 aliphatic carbocycles. The Hall–Kier alpha value is -1.50. The fourth-order valence-corrected chi connectivity index (χ4v) is 2.70. The minimum atomic E-state index is -0.329. The molecular formula is C15H22Cl2N4O2. The highest BCUT2D eigenvalue weighted by atomic mass is 35.5. The van der Waals surface area contributed by atoms with Gasteiger partial charge in [0, 0.05) is 23.8 Å². The molecule has 23 heavy (non-hydrogen) atoms. The van der Waals surface area contributed by atoms with E-state index in [1.54, 1.807) is 13.1 Å². The molecule has 1 aliphatic rings. The highest BCUT2D eigenvalue weighted by Crippen LogP contribution is 2.28. The maximum Gasteiger partial charge on any atom is 0.341 e. The van der Waals surface area contributed by atoms with E-state index < -0.39 is 0 Å². The molecule has 1 saturated heterocycles. The first-order valence-electron chi connectivity index (χ1n) is 7.40. The van der Waals surface area contributed by atoms with Crippen molar-refractivity contribution in [3.8, 4) is 0 Å². The first-order chi connectivity index (χ1) is 10.3. The molecule has 3 N–H and O–H groups in total. The largest absolute Gasteiger partial charge is 0.462 e. The third kappa shape index (κ3) is 4.28. The van der Waals surface area contributed by atoms with Crippen molar-refractivity contribution in [2.75, 3.05) is 25.0 Å². The third-order valence-electron chi connectivity index (χ3n) is 3.77. The molecule has 8 heteroatoms. The minimum absolute atomic E-state index is 0. The van der Waals surface area contributed by atoms with Gasteiger partial charge in [-0.25, -0.2) is 9.78 Å². The first kappa shape index (κ1) is 19.5. The van der Waals surface area contributed by atoms with E-state index in [4.69, 9.17) is 4.74 Å². The molecule has 0 saturated carbocycles. The molecule has 2 aromatic rings. The number of fused-ring (bicyclic) bond motifs is 1. The predicted molar refractivity (Wildman–Crippen MR) is 96.1 cm³/mol. The van der Waals surface area contributed by atoms with Gasteiger partial charge in [0.15, 0.2) is 0 Å². The quantitative estimate of drug-likeness (QED) is 0.730. The molecule has 0 aromatic carbocycles. The fraction of sp³-hybridized carbons (Fsp3) is 0.467. The number of H-pyrrole nitrogens is 1. The second-order valence-electron chi connectivity index (χ2n) is 5.18. The molecule has 0 spiro atoms. The lowest BCUT2D eigenvalue weighted by atomic mass is 10.0. The number of carbonyl (C=O) groups is 1. The van der Waals surface area contributed by atoms with Crippen LogP contribution in [0.2, 0.25) is 0 Å². The molecule has 0 atom stereocenters. The predicted octanol–water partition coefficient (Wildman–Crippen LogP) is 2.75. The summed E-state index contributed by atoms with van der Waals surface area (Å²) in [6.07, 6.45) is 5.49. The van der Waals surface area contributed by atoms with Gasteiger partial charge in [0.1, 0.15) is 11.2 Å². The van der Waals surface area contributed by atoms with Crippen molar-refractivity contribution in [1.29, 1.82) is 0 Å². The Morgan fingerprint density at radius 1 is 1.39 bits per heavy atom. The van der Waals surface area contributed by atoms with Gasteiger partial charge in [0.2, 0.25) is 0 Å². The second kappa shape index (κ2) is 8.96. The minimum Gasteiger partial charge on any atom is -0.462 e. The fourth-order valence-electron chi connectivity index (χ4n) is 2.70. The van der Waals surface area contributed by atoms with E-state index in [0.717, 1.165) is 42.7 Å². The highest BCUT2D eigenvalue weighted by molar-refractivity contribution is 6.04. The van der Waals surface area contributed by atoms with E-state index in [0.29, 0.717) is 18.2 Å². The Balaban J connectivity index is 0.00000132. The topological polar surface area (TPSA) is 79.0 Å². The number of rotatable bonds is 4. The third-order valence-corrected chi connectivity index (χ3v) is 3.77. The molecule has 0 radical (unpaired) electrons. The normalized spacial score (nSPS) is 14.7. The Morgan fingerprint density at radius 2 is 2.13 bits per heavy atom. The summed E-state index contributed by atoms with van der Waals surface area (Å²) in [6, 6.07) is 2.30. The van der Waals surface area contributed by atoms with Crippen LogP contribution < -0.4 is 10.6 Å². The average Bonchev–Trinajstić information content (AvgIpc) is 2.98. The Kier molecular flexibility index (Phi) is 7.61. The van der Waals surface area contributed by atoms with Gasteiger partial charge in [0.25, 0.3) is 0 Å². The molecule has 3 heterocycles. The Bertz CT molecular complexity index is 641. The van der Waals surface area contributed by atoms with Gasteiger partial charge in [-0.2, -0.15) is 0 Å². The van der Waals surface area contributed by atoms with E-state index in [-0.39, 0.29) is 30.8 Å². The summed E-state index contributed by atoms with van der Waals surface area (Å²) >= 11 is 0. The van der Waals surface area contributed by atoms with Gasteiger partial charge >= 0.3 is 5.97 Å². The number of hydrogen-bond acceptors (Lipinski definition) is 5. The van der Waals surface area contributed by atoms with E-state index in [1.165, 1.54) is 0 Å². The van der Waals surface area contributed by atoms with Gasteiger partial charge in [-0.1, -0.05) is 0 Å². The number of halogens is 2. The van der Waals surface area contributed by atoms with Crippen LogP contribution in [0.25, 0.3) is 11.0 Å². The molecule has 1 aliphatic heterocycles. The van der Waals surface area contributed by atoms with E-state index in [9.17, 15) is 4.79 Å². The maximum atomic E-state index is 12.1.